The number of aromatic nitrogens is 1. The molecule has 0 aliphatic rings. The van der Waals surface area contributed by atoms with Crippen molar-refractivity contribution in [2.75, 3.05) is 0 Å². The average Bonchev–Trinajstić information content (AvgIpc) is 2.81. The van der Waals surface area contributed by atoms with Gasteiger partial charge in [0.1, 0.15) is 0 Å². The molecule has 0 amide bonds. The topological polar surface area (TPSA) is 93.3 Å². The van der Waals surface area contributed by atoms with E-state index in [0.29, 0.717) is 12.0 Å². The van der Waals surface area contributed by atoms with Gasteiger partial charge in [-0.1, -0.05) is 0 Å². The van der Waals surface area contributed by atoms with Crippen molar-refractivity contribution in [3.8, 4) is 0 Å². The molecule has 0 saturated carbocycles. The fourth-order valence-electron chi connectivity index (χ4n) is 1.52. The molecule has 1 heterocycles. The summed E-state index contributed by atoms with van der Waals surface area (Å²) in [5, 5.41) is 22.2. The maximum absolute atomic E-state index is 10.9. The van der Waals surface area contributed by atoms with E-state index < -0.39 is 10.9 Å². The zero-order valence-corrected chi connectivity index (χ0v) is 9.88. The predicted molar refractivity (Wildman–Crippen MR) is 65.0 cm³/mol. The molecule has 2 aromatic rings. The number of hydrogen-bond acceptors (Lipinski definition) is 5. The van der Waals surface area contributed by atoms with Crippen LogP contribution in [0.1, 0.15) is 20.9 Å². The standard InChI is InChI=1S/C11H8N2O4S/c14-11(15)8-3-7(4-9(6-8)13(16)17)5-10-12-1-2-18-10/h1-4,6H,5H2,(H,14,15). The number of aromatic carboxylic acids is 1. The Balaban J connectivity index is 2.40. The lowest BCUT2D eigenvalue weighted by molar-refractivity contribution is -0.384. The first kappa shape index (κ1) is 12.2. The van der Waals surface area contributed by atoms with Gasteiger partial charge in [-0.15, -0.1) is 11.3 Å². The van der Waals surface area contributed by atoms with Gasteiger partial charge >= 0.3 is 5.97 Å². The Morgan fingerprint density at radius 2 is 2.22 bits per heavy atom. The van der Waals surface area contributed by atoms with Crippen molar-refractivity contribution >= 4 is 23.0 Å². The van der Waals surface area contributed by atoms with Crippen molar-refractivity contribution in [1.82, 2.24) is 4.98 Å². The number of nitrogens with zero attached hydrogens (tertiary/aromatic N) is 2. The van der Waals surface area contributed by atoms with Gasteiger partial charge in [-0.3, -0.25) is 10.1 Å². The molecule has 0 unspecified atom stereocenters. The summed E-state index contributed by atoms with van der Waals surface area (Å²) in [5.74, 6) is -1.18. The number of thiazole rings is 1. The van der Waals surface area contributed by atoms with Crippen LogP contribution >= 0.6 is 11.3 Å². The number of carboxylic acid groups (broad SMARTS) is 1. The first-order valence-corrected chi connectivity index (χ1v) is 5.84. The maximum Gasteiger partial charge on any atom is 0.335 e. The molecule has 0 spiro atoms. The Morgan fingerprint density at radius 1 is 1.44 bits per heavy atom. The van der Waals surface area contributed by atoms with Gasteiger partial charge in [0, 0.05) is 30.1 Å². The van der Waals surface area contributed by atoms with Gasteiger partial charge in [0.2, 0.25) is 0 Å². The molecule has 0 fully saturated rings. The normalized spacial score (nSPS) is 10.2. The van der Waals surface area contributed by atoms with E-state index in [0.717, 1.165) is 11.1 Å². The third-order valence-electron chi connectivity index (χ3n) is 2.27. The smallest absolute Gasteiger partial charge is 0.335 e. The lowest BCUT2D eigenvalue weighted by Gasteiger charge is -2.01. The highest BCUT2D eigenvalue weighted by atomic mass is 32.1. The third kappa shape index (κ3) is 2.69. The zero-order chi connectivity index (χ0) is 13.1. The quantitative estimate of drug-likeness (QED) is 0.675. The molecule has 0 aliphatic heterocycles. The number of rotatable bonds is 4. The molecule has 92 valence electrons. The minimum absolute atomic E-state index is 0.0873. The summed E-state index contributed by atoms with van der Waals surface area (Å²) in [6, 6.07) is 3.85. The summed E-state index contributed by atoms with van der Waals surface area (Å²) in [4.78, 5) is 25.1. The molecule has 7 heteroatoms. The van der Waals surface area contributed by atoms with Crippen LogP contribution in [0.5, 0.6) is 0 Å². The molecule has 0 radical (unpaired) electrons. The largest absolute Gasteiger partial charge is 0.478 e. The SMILES string of the molecule is O=C(O)c1cc(Cc2nccs2)cc([N+](=O)[O-])c1. The van der Waals surface area contributed by atoms with Gasteiger partial charge in [0.25, 0.3) is 5.69 Å². The van der Waals surface area contributed by atoms with E-state index in [1.54, 1.807) is 11.6 Å². The van der Waals surface area contributed by atoms with E-state index in [1.807, 2.05) is 0 Å². The van der Waals surface area contributed by atoms with E-state index in [9.17, 15) is 14.9 Å². The molecule has 18 heavy (non-hydrogen) atoms. The van der Waals surface area contributed by atoms with Crippen molar-refractivity contribution in [1.29, 1.82) is 0 Å². The van der Waals surface area contributed by atoms with Gasteiger partial charge in [-0.2, -0.15) is 0 Å². The van der Waals surface area contributed by atoms with Crippen molar-refractivity contribution in [2.45, 2.75) is 6.42 Å². The van der Waals surface area contributed by atoms with Crippen molar-refractivity contribution in [3.05, 3.63) is 56.0 Å². The number of carbonyl (C=O) groups is 1. The first-order valence-electron chi connectivity index (χ1n) is 4.96. The Labute approximate surface area is 106 Å². The molecule has 0 bridgehead atoms. The molecular weight excluding hydrogens is 256 g/mol. The average molecular weight is 264 g/mol. The summed E-state index contributed by atoms with van der Waals surface area (Å²) in [6.07, 6.45) is 2.02. The third-order valence-corrected chi connectivity index (χ3v) is 3.05. The Morgan fingerprint density at radius 3 is 2.78 bits per heavy atom. The van der Waals surface area contributed by atoms with E-state index in [4.69, 9.17) is 5.11 Å². The Bertz CT molecular complexity index is 563. The first-order chi connectivity index (χ1) is 8.56. The number of hydrogen-bond donors (Lipinski definition) is 1. The lowest BCUT2D eigenvalue weighted by atomic mass is 10.1. The van der Waals surface area contributed by atoms with Crippen LogP contribution in [0.3, 0.4) is 0 Å². The van der Waals surface area contributed by atoms with E-state index in [1.165, 1.54) is 23.5 Å². The van der Waals surface area contributed by atoms with Gasteiger partial charge < -0.3 is 5.11 Å². The van der Waals surface area contributed by atoms with Crippen LogP contribution in [-0.2, 0) is 6.42 Å². The minimum Gasteiger partial charge on any atom is -0.478 e. The number of benzene rings is 1. The van der Waals surface area contributed by atoms with Crippen LogP contribution in [0.4, 0.5) is 5.69 Å². The van der Waals surface area contributed by atoms with Gasteiger partial charge in [-0.25, -0.2) is 9.78 Å². The molecule has 1 aromatic heterocycles. The molecule has 6 nitrogen and oxygen atoms in total. The van der Waals surface area contributed by atoms with Crippen LogP contribution in [0.15, 0.2) is 29.8 Å². The fraction of sp³-hybridized carbons (Fsp3) is 0.0909. The van der Waals surface area contributed by atoms with Crippen LogP contribution in [0, 0.1) is 10.1 Å². The number of nitro benzene ring substituents is 1. The number of nitro groups is 1. The number of carboxylic acids is 1. The monoisotopic (exact) mass is 264 g/mol. The second-order valence-electron chi connectivity index (χ2n) is 3.55. The highest BCUT2D eigenvalue weighted by molar-refractivity contribution is 7.09. The minimum atomic E-state index is -1.18. The molecule has 1 aromatic carbocycles. The number of non-ortho nitro benzene ring substituents is 1. The van der Waals surface area contributed by atoms with Crippen molar-refractivity contribution in [2.24, 2.45) is 0 Å². The van der Waals surface area contributed by atoms with Crippen LogP contribution in [-0.4, -0.2) is 21.0 Å². The summed E-state index contributed by atoms with van der Waals surface area (Å²) in [6.45, 7) is 0. The van der Waals surface area contributed by atoms with E-state index >= 15 is 0 Å². The van der Waals surface area contributed by atoms with Gasteiger partial charge in [0.05, 0.1) is 15.5 Å². The summed E-state index contributed by atoms with van der Waals surface area (Å²) < 4.78 is 0. The van der Waals surface area contributed by atoms with Crippen molar-refractivity contribution < 1.29 is 14.8 Å². The van der Waals surface area contributed by atoms with E-state index in [2.05, 4.69) is 4.98 Å². The van der Waals surface area contributed by atoms with Gasteiger partial charge in [0.15, 0.2) is 0 Å². The molecule has 0 atom stereocenters. The summed E-state index contributed by atoms with van der Waals surface area (Å²) in [5.41, 5.74) is 0.258. The van der Waals surface area contributed by atoms with Crippen molar-refractivity contribution in [3.63, 3.8) is 0 Å². The van der Waals surface area contributed by atoms with Crippen LogP contribution in [0.2, 0.25) is 0 Å². The Hall–Kier alpha value is -2.28. The highest BCUT2D eigenvalue weighted by Gasteiger charge is 2.14. The summed E-state index contributed by atoms with van der Waals surface area (Å²) >= 11 is 1.42. The van der Waals surface area contributed by atoms with Crippen LogP contribution in [0.25, 0.3) is 0 Å². The summed E-state index contributed by atoms with van der Waals surface area (Å²) in [7, 11) is 0. The van der Waals surface area contributed by atoms with E-state index in [-0.39, 0.29) is 11.3 Å². The van der Waals surface area contributed by atoms with Crippen LogP contribution < -0.4 is 0 Å². The fourth-order valence-corrected chi connectivity index (χ4v) is 2.17. The second-order valence-corrected chi connectivity index (χ2v) is 4.53. The van der Waals surface area contributed by atoms with Gasteiger partial charge in [-0.05, 0) is 11.6 Å². The zero-order valence-electron chi connectivity index (χ0n) is 9.07. The second kappa shape index (κ2) is 4.92. The lowest BCUT2D eigenvalue weighted by Crippen LogP contribution is -2.01. The molecule has 0 aliphatic carbocycles. The maximum atomic E-state index is 10.9. The Kier molecular flexibility index (Phi) is 3.33. The predicted octanol–water partition coefficient (Wildman–Crippen LogP) is 2.34. The molecular formula is C11H8N2O4S. The highest BCUT2D eigenvalue weighted by Crippen LogP contribution is 2.20. The molecule has 1 N–H and O–H groups in total. The molecule has 2 rings (SSSR count). The molecule has 0 saturated heterocycles.